The van der Waals surface area contributed by atoms with Crippen LogP contribution in [0.3, 0.4) is 0 Å². The maximum atomic E-state index is 12.9. The third-order valence-corrected chi connectivity index (χ3v) is 6.00. The highest BCUT2D eigenvalue weighted by atomic mass is 16.2. The molecule has 1 fully saturated rings. The van der Waals surface area contributed by atoms with Crippen LogP contribution >= 0.6 is 0 Å². The van der Waals surface area contributed by atoms with Gasteiger partial charge in [0.1, 0.15) is 5.65 Å². The first-order chi connectivity index (χ1) is 17.4. The summed E-state index contributed by atoms with van der Waals surface area (Å²) in [6.07, 6.45) is 3.09. The van der Waals surface area contributed by atoms with E-state index in [9.17, 15) is 19.2 Å². The second-order valence-electron chi connectivity index (χ2n) is 8.72. The fourth-order valence-corrected chi connectivity index (χ4v) is 3.97. The number of hydrogen-bond donors (Lipinski definition) is 4. The van der Waals surface area contributed by atoms with Gasteiger partial charge in [-0.3, -0.25) is 19.1 Å². The minimum Gasteiger partial charge on any atom is -0.345 e. The van der Waals surface area contributed by atoms with E-state index in [-0.39, 0.29) is 34.7 Å². The molecule has 2 aromatic carbocycles. The molecule has 0 unspecified atom stereocenters. The molecule has 5 rings (SSSR count). The summed E-state index contributed by atoms with van der Waals surface area (Å²) < 4.78 is 1.48. The number of nitrogens with zero attached hydrogens (tertiary/aromatic N) is 2. The van der Waals surface area contributed by atoms with Crippen LogP contribution in [-0.2, 0) is 0 Å². The van der Waals surface area contributed by atoms with Crippen molar-refractivity contribution in [3.63, 3.8) is 0 Å². The summed E-state index contributed by atoms with van der Waals surface area (Å²) in [7, 11) is 0. The van der Waals surface area contributed by atoms with E-state index in [1.807, 2.05) is 25.1 Å². The Labute approximate surface area is 205 Å². The van der Waals surface area contributed by atoms with Gasteiger partial charge in [0.2, 0.25) is 0 Å². The number of fused-ring (bicyclic) bond motifs is 1. The standard InChI is InChI=1S/C26H24N6O4/c1-15(16-7-9-19(10-8-16)30-25(35)29-18-5-3-2-4-6-18)28-23(33)17-13-21-22(27-14-17)32(20-11-12-20)26(36)31-24(21)34/h2-10,13-15,20H,11-12H2,1H3,(H,28,33)(H2,29,30,35)(H,31,34,36)/t15-/m1/s1. The number of carbonyl (C=O) groups excluding carboxylic acids is 2. The number of pyridine rings is 1. The molecular formula is C26H24N6O4. The summed E-state index contributed by atoms with van der Waals surface area (Å²) in [5.74, 6) is -0.398. The fraction of sp³-hybridized carbons (Fsp3) is 0.192. The number of H-pyrrole nitrogens is 1. The molecule has 1 atom stereocenters. The predicted octanol–water partition coefficient (Wildman–Crippen LogP) is 3.55. The Bertz CT molecular complexity index is 1560. The zero-order valence-electron chi connectivity index (χ0n) is 19.4. The number of para-hydroxylation sites is 1. The van der Waals surface area contributed by atoms with E-state index in [0.29, 0.717) is 11.4 Å². The maximum absolute atomic E-state index is 12.9. The van der Waals surface area contributed by atoms with E-state index in [1.54, 1.807) is 36.4 Å². The van der Waals surface area contributed by atoms with E-state index < -0.39 is 17.2 Å². The number of amides is 3. The molecule has 0 saturated heterocycles. The number of aromatic amines is 1. The molecule has 36 heavy (non-hydrogen) atoms. The van der Waals surface area contributed by atoms with E-state index in [2.05, 4.69) is 25.9 Å². The quantitative estimate of drug-likeness (QED) is 0.332. The minimum absolute atomic E-state index is 0.0333. The molecule has 0 bridgehead atoms. The lowest BCUT2D eigenvalue weighted by molar-refractivity contribution is 0.0939. The van der Waals surface area contributed by atoms with Crippen LogP contribution in [0, 0.1) is 0 Å². The van der Waals surface area contributed by atoms with E-state index in [1.165, 1.54) is 16.8 Å². The number of rotatable bonds is 6. The van der Waals surface area contributed by atoms with Crippen LogP contribution in [0.25, 0.3) is 11.0 Å². The SMILES string of the molecule is C[C@@H](NC(=O)c1cnc2c(c1)c(=O)[nH]c(=O)n2C1CC1)c1ccc(NC(=O)Nc2ccccc2)cc1. The molecule has 2 aromatic heterocycles. The molecule has 1 aliphatic carbocycles. The highest BCUT2D eigenvalue weighted by Crippen LogP contribution is 2.34. The third-order valence-electron chi connectivity index (χ3n) is 6.00. The Morgan fingerprint density at radius 2 is 1.67 bits per heavy atom. The topological polar surface area (TPSA) is 138 Å². The van der Waals surface area contributed by atoms with Gasteiger partial charge in [0.05, 0.1) is 17.0 Å². The molecule has 0 aliphatic heterocycles. The van der Waals surface area contributed by atoms with Crippen molar-refractivity contribution in [1.29, 1.82) is 0 Å². The van der Waals surface area contributed by atoms with Crippen molar-refractivity contribution in [2.45, 2.75) is 31.8 Å². The molecular weight excluding hydrogens is 460 g/mol. The Hall–Kier alpha value is -4.73. The van der Waals surface area contributed by atoms with Crippen molar-refractivity contribution < 1.29 is 9.59 Å². The van der Waals surface area contributed by atoms with E-state index in [0.717, 1.165) is 18.4 Å². The fourth-order valence-electron chi connectivity index (χ4n) is 3.97. The maximum Gasteiger partial charge on any atom is 0.330 e. The summed E-state index contributed by atoms with van der Waals surface area (Å²) >= 11 is 0. The van der Waals surface area contributed by atoms with Gasteiger partial charge in [-0.05, 0) is 55.7 Å². The number of carbonyl (C=O) groups is 2. The zero-order valence-corrected chi connectivity index (χ0v) is 19.4. The number of benzene rings is 2. The van der Waals surface area contributed by atoms with Crippen molar-refractivity contribution in [2.24, 2.45) is 0 Å². The lowest BCUT2D eigenvalue weighted by atomic mass is 10.1. The van der Waals surface area contributed by atoms with Crippen molar-refractivity contribution in [1.82, 2.24) is 19.9 Å². The number of aromatic nitrogens is 3. The smallest absolute Gasteiger partial charge is 0.330 e. The van der Waals surface area contributed by atoms with Crippen LogP contribution in [0.1, 0.15) is 47.8 Å². The summed E-state index contributed by atoms with van der Waals surface area (Å²) in [5.41, 5.74) is 1.57. The van der Waals surface area contributed by atoms with Crippen LogP contribution in [0.5, 0.6) is 0 Å². The summed E-state index contributed by atoms with van der Waals surface area (Å²) in [5, 5.41) is 8.60. The number of anilines is 2. The monoisotopic (exact) mass is 484 g/mol. The average molecular weight is 485 g/mol. The van der Waals surface area contributed by atoms with Gasteiger partial charge < -0.3 is 16.0 Å². The molecule has 10 nitrogen and oxygen atoms in total. The number of nitrogens with one attached hydrogen (secondary N) is 4. The van der Waals surface area contributed by atoms with Gasteiger partial charge in [-0.2, -0.15) is 0 Å². The van der Waals surface area contributed by atoms with Gasteiger partial charge in [0, 0.05) is 23.6 Å². The number of hydrogen-bond acceptors (Lipinski definition) is 5. The normalized spacial score (nSPS) is 13.7. The lowest BCUT2D eigenvalue weighted by Gasteiger charge is -2.15. The first-order valence-corrected chi connectivity index (χ1v) is 11.6. The highest BCUT2D eigenvalue weighted by Gasteiger charge is 2.28. The van der Waals surface area contributed by atoms with Crippen LogP contribution in [0.15, 0.2) is 76.4 Å². The summed E-state index contributed by atoms with van der Waals surface area (Å²) in [4.78, 5) is 56.2. The highest BCUT2D eigenvalue weighted by molar-refractivity contribution is 5.99. The van der Waals surface area contributed by atoms with Crippen molar-refractivity contribution >= 4 is 34.3 Å². The average Bonchev–Trinajstić information content (AvgIpc) is 3.70. The first kappa shape index (κ1) is 23.0. The van der Waals surface area contributed by atoms with E-state index >= 15 is 0 Å². The summed E-state index contributed by atoms with van der Waals surface area (Å²) in [6, 6.07) is 17.0. The molecule has 3 amide bonds. The second-order valence-corrected chi connectivity index (χ2v) is 8.72. The molecule has 4 N–H and O–H groups in total. The van der Waals surface area contributed by atoms with Crippen molar-refractivity contribution in [2.75, 3.05) is 10.6 Å². The van der Waals surface area contributed by atoms with Gasteiger partial charge in [0.15, 0.2) is 0 Å². The van der Waals surface area contributed by atoms with Crippen LogP contribution in [0.4, 0.5) is 16.2 Å². The Balaban J connectivity index is 1.26. The Kier molecular flexibility index (Phi) is 6.07. The minimum atomic E-state index is -0.568. The van der Waals surface area contributed by atoms with Gasteiger partial charge in [0.25, 0.3) is 11.5 Å². The molecule has 1 saturated carbocycles. The predicted molar refractivity (Wildman–Crippen MR) is 136 cm³/mol. The van der Waals surface area contributed by atoms with Crippen LogP contribution in [-0.4, -0.2) is 26.5 Å². The lowest BCUT2D eigenvalue weighted by Crippen LogP contribution is -2.31. The van der Waals surface area contributed by atoms with Crippen molar-refractivity contribution in [3.8, 4) is 0 Å². The molecule has 0 radical (unpaired) electrons. The molecule has 10 heteroatoms. The molecule has 1 aliphatic rings. The largest absolute Gasteiger partial charge is 0.345 e. The van der Waals surface area contributed by atoms with Crippen molar-refractivity contribution in [3.05, 3.63) is 98.8 Å². The Morgan fingerprint density at radius 1 is 1.00 bits per heavy atom. The van der Waals surface area contributed by atoms with Crippen LogP contribution in [0.2, 0.25) is 0 Å². The molecule has 4 aromatic rings. The zero-order chi connectivity index (χ0) is 25.2. The van der Waals surface area contributed by atoms with Gasteiger partial charge >= 0.3 is 11.7 Å². The molecule has 2 heterocycles. The molecule has 182 valence electrons. The van der Waals surface area contributed by atoms with Gasteiger partial charge in [-0.25, -0.2) is 14.6 Å². The Morgan fingerprint density at radius 3 is 2.33 bits per heavy atom. The molecule has 0 spiro atoms. The first-order valence-electron chi connectivity index (χ1n) is 11.6. The van der Waals surface area contributed by atoms with E-state index in [4.69, 9.17) is 0 Å². The van der Waals surface area contributed by atoms with Gasteiger partial charge in [-0.1, -0.05) is 30.3 Å². The van der Waals surface area contributed by atoms with Gasteiger partial charge in [-0.15, -0.1) is 0 Å². The second kappa shape index (κ2) is 9.49. The number of urea groups is 1. The van der Waals surface area contributed by atoms with Crippen LogP contribution < -0.4 is 27.2 Å². The third kappa shape index (κ3) is 4.88. The summed E-state index contributed by atoms with van der Waals surface area (Å²) in [6.45, 7) is 1.83.